The third-order valence-electron chi connectivity index (χ3n) is 3.16. The maximum Gasteiger partial charge on any atom is 0.323 e. The molecule has 1 aromatic rings. The number of carbonyl (C=O) groups excluding carboxylic acids is 2. The van der Waals surface area contributed by atoms with Gasteiger partial charge in [0.05, 0.1) is 11.1 Å². The number of benzene rings is 1. The van der Waals surface area contributed by atoms with E-state index in [4.69, 9.17) is 5.11 Å². The lowest BCUT2D eigenvalue weighted by molar-refractivity contribution is -0.136. The Balaban J connectivity index is 2.36. The number of nitrogens with one attached hydrogen (secondary N) is 1. The summed E-state index contributed by atoms with van der Waals surface area (Å²) in [7, 11) is -2.81. The van der Waals surface area contributed by atoms with E-state index in [0.717, 1.165) is 11.8 Å². The molecule has 0 spiro atoms. The van der Waals surface area contributed by atoms with Gasteiger partial charge in [-0.05, 0) is 25.1 Å². The number of aliphatic carboxylic acids is 1. The monoisotopic (exact) mass is 312 g/mol. The van der Waals surface area contributed by atoms with E-state index in [1.807, 2.05) is 0 Å². The molecule has 8 nitrogen and oxygen atoms in total. The van der Waals surface area contributed by atoms with E-state index in [2.05, 4.69) is 4.72 Å². The highest BCUT2D eigenvalue weighted by atomic mass is 32.2. The minimum absolute atomic E-state index is 0.0262. The summed E-state index contributed by atoms with van der Waals surface area (Å²) in [6.07, 6.45) is 0. The van der Waals surface area contributed by atoms with Gasteiger partial charge in [0, 0.05) is 12.7 Å². The molecule has 1 aromatic carbocycles. The lowest BCUT2D eigenvalue weighted by atomic mass is 10.1. The van der Waals surface area contributed by atoms with Crippen LogP contribution in [0.1, 0.15) is 27.6 Å². The fourth-order valence-corrected chi connectivity index (χ4v) is 2.71. The standard InChI is InChI=1S/C12H12N2O6S/c1-6(12(17)18)21(19,20)13-7-3-4-8-9(5-7)11(16)14(2)10(8)15/h3-6,13H,1-2H3,(H,17,18). The highest BCUT2D eigenvalue weighted by Gasteiger charge is 2.33. The first-order valence-electron chi connectivity index (χ1n) is 5.86. The number of sulfonamides is 1. The van der Waals surface area contributed by atoms with Crippen molar-refractivity contribution in [1.82, 2.24) is 4.90 Å². The second-order valence-electron chi connectivity index (χ2n) is 4.56. The van der Waals surface area contributed by atoms with Crippen LogP contribution in [-0.4, -0.2) is 48.5 Å². The van der Waals surface area contributed by atoms with E-state index >= 15 is 0 Å². The molecule has 0 fully saturated rings. The summed E-state index contributed by atoms with van der Waals surface area (Å²) in [6.45, 7) is 1.03. The SMILES string of the molecule is CC(C(=O)O)S(=O)(=O)Nc1ccc2c(c1)C(=O)N(C)C2=O. The van der Waals surface area contributed by atoms with Gasteiger partial charge in [-0.3, -0.25) is 24.0 Å². The molecule has 1 atom stereocenters. The summed E-state index contributed by atoms with van der Waals surface area (Å²) >= 11 is 0. The van der Waals surface area contributed by atoms with Crippen LogP contribution >= 0.6 is 0 Å². The van der Waals surface area contributed by atoms with Crippen molar-refractivity contribution in [1.29, 1.82) is 0 Å². The van der Waals surface area contributed by atoms with Crippen LogP contribution in [0.25, 0.3) is 0 Å². The van der Waals surface area contributed by atoms with E-state index in [0.29, 0.717) is 0 Å². The molecule has 1 unspecified atom stereocenters. The largest absolute Gasteiger partial charge is 0.480 e. The van der Waals surface area contributed by atoms with Crippen LogP contribution < -0.4 is 4.72 Å². The van der Waals surface area contributed by atoms with Crippen LogP contribution in [0.5, 0.6) is 0 Å². The van der Waals surface area contributed by atoms with Gasteiger partial charge in [0.1, 0.15) is 0 Å². The predicted octanol–water partition coefficient (Wildman–Crippen LogP) is 0.127. The van der Waals surface area contributed by atoms with E-state index < -0.39 is 33.1 Å². The summed E-state index contributed by atoms with van der Waals surface area (Å²) in [5.74, 6) is -2.50. The van der Waals surface area contributed by atoms with Crippen molar-refractivity contribution in [3.05, 3.63) is 29.3 Å². The second-order valence-corrected chi connectivity index (χ2v) is 6.56. The van der Waals surface area contributed by atoms with E-state index in [1.165, 1.54) is 25.2 Å². The Morgan fingerprint density at radius 3 is 2.38 bits per heavy atom. The molecule has 0 bridgehead atoms. The van der Waals surface area contributed by atoms with Crippen molar-refractivity contribution in [3.8, 4) is 0 Å². The van der Waals surface area contributed by atoms with Crippen molar-refractivity contribution in [2.75, 3.05) is 11.8 Å². The number of nitrogens with zero attached hydrogens (tertiary/aromatic N) is 1. The summed E-state index contributed by atoms with van der Waals surface area (Å²) in [6, 6.07) is 3.84. The number of carbonyl (C=O) groups is 3. The highest BCUT2D eigenvalue weighted by molar-refractivity contribution is 7.94. The fraction of sp³-hybridized carbons (Fsp3) is 0.250. The topological polar surface area (TPSA) is 121 Å². The molecule has 1 aliphatic heterocycles. The van der Waals surface area contributed by atoms with E-state index in [9.17, 15) is 22.8 Å². The van der Waals surface area contributed by atoms with Crippen LogP contribution in [0, 0.1) is 0 Å². The third kappa shape index (κ3) is 2.47. The number of carboxylic acid groups (broad SMARTS) is 1. The zero-order valence-electron chi connectivity index (χ0n) is 11.2. The molecule has 1 heterocycles. The summed E-state index contributed by atoms with van der Waals surface area (Å²) in [5, 5.41) is 7.09. The number of fused-ring (bicyclic) bond motifs is 1. The lowest BCUT2D eigenvalue weighted by Gasteiger charge is -2.11. The average molecular weight is 312 g/mol. The number of hydrogen-bond donors (Lipinski definition) is 2. The van der Waals surface area contributed by atoms with Gasteiger partial charge in [0.25, 0.3) is 11.8 Å². The number of carboxylic acids is 1. The normalized spacial score (nSPS) is 15.8. The Kier molecular flexibility index (Phi) is 3.46. The van der Waals surface area contributed by atoms with Crippen LogP contribution in [-0.2, 0) is 14.8 Å². The molecule has 1 aliphatic rings. The summed E-state index contributed by atoms with van der Waals surface area (Å²) < 4.78 is 25.7. The maximum atomic E-state index is 11.8. The molecule has 9 heteroatoms. The minimum Gasteiger partial charge on any atom is -0.480 e. The number of hydrogen-bond acceptors (Lipinski definition) is 5. The van der Waals surface area contributed by atoms with E-state index in [-0.39, 0.29) is 16.8 Å². The molecule has 112 valence electrons. The Bertz CT molecular complexity index is 755. The first-order chi connectivity index (χ1) is 9.65. The van der Waals surface area contributed by atoms with E-state index in [1.54, 1.807) is 0 Å². The molecule has 2 rings (SSSR count). The van der Waals surface area contributed by atoms with Gasteiger partial charge in [-0.25, -0.2) is 8.42 Å². The Hall–Kier alpha value is -2.42. The molecule has 21 heavy (non-hydrogen) atoms. The Labute approximate surface area is 120 Å². The molecule has 2 amide bonds. The van der Waals surface area contributed by atoms with Crippen molar-refractivity contribution in [3.63, 3.8) is 0 Å². The number of rotatable bonds is 4. The van der Waals surface area contributed by atoms with Gasteiger partial charge in [0.15, 0.2) is 5.25 Å². The Morgan fingerprint density at radius 1 is 1.24 bits per heavy atom. The van der Waals surface area contributed by atoms with Crippen LogP contribution in [0.15, 0.2) is 18.2 Å². The average Bonchev–Trinajstić information content (AvgIpc) is 2.62. The van der Waals surface area contributed by atoms with Gasteiger partial charge in [-0.1, -0.05) is 0 Å². The molecule has 0 aromatic heterocycles. The summed E-state index contributed by atoms with van der Waals surface area (Å²) in [5.41, 5.74) is 0.278. The number of amides is 2. The minimum atomic E-state index is -4.13. The second kappa shape index (κ2) is 4.85. The molecule has 0 radical (unpaired) electrons. The lowest BCUT2D eigenvalue weighted by Crippen LogP contribution is -2.32. The molecular weight excluding hydrogens is 300 g/mol. The molecule has 0 saturated heterocycles. The molecule has 0 saturated carbocycles. The van der Waals surface area contributed by atoms with Gasteiger partial charge >= 0.3 is 5.97 Å². The quantitative estimate of drug-likeness (QED) is 0.762. The first kappa shape index (κ1) is 15.0. The van der Waals surface area contributed by atoms with Crippen LogP contribution in [0.4, 0.5) is 5.69 Å². The first-order valence-corrected chi connectivity index (χ1v) is 7.40. The van der Waals surface area contributed by atoms with Crippen molar-refractivity contribution in [2.45, 2.75) is 12.2 Å². The van der Waals surface area contributed by atoms with Crippen LogP contribution in [0.3, 0.4) is 0 Å². The summed E-state index contributed by atoms with van der Waals surface area (Å²) in [4.78, 5) is 35.1. The zero-order valence-corrected chi connectivity index (χ0v) is 12.0. The van der Waals surface area contributed by atoms with Gasteiger partial charge in [-0.15, -0.1) is 0 Å². The van der Waals surface area contributed by atoms with Crippen molar-refractivity contribution < 1.29 is 27.9 Å². The number of anilines is 1. The van der Waals surface area contributed by atoms with Gasteiger partial charge in [0.2, 0.25) is 10.0 Å². The zero-order chi connectivity index (χ0) is 15.9. The van der Waals surface area contributed by atoms with Crippen molar-refractivity contribution >= 4 is 33.5 Å². The van der Waals surface area contributed by atoms with Gasteiger partial charge < -0.3 is 5.11 Å². The molecule has 0 aliphatic carbocycles. The Morgan fingerprint density at radius 2 is 1.81 bits per heavy atom. The number of imide groups is 1. The molecular formula is C12H12N2O6S. The fourth-order valence-electron chi connectivity index (χ4n) is 1.81. The van der Waals surface area contributed by atoms with Gasteiger partial charge in [-0.2, -0.15) is 0 Å². The highest BCUT2D eigenvalue weighted by Crippen LogP contribution is 2.25. The predicted molar refractivity (Wildman–Crippen MR) is 72.5 cm³/mol. The third-order valence-corrected chi connectivity index (χ3v) is 4.82. The smallest absolute Gasteiger partial charge is 0.323 e. The molecule has 2 N–H and O–H groups in total. The maximum absolute atomic E-state index is 11.8. The van der Waals surface area contributed by atoms with Crippen molar-refractivity contribution in [2.24, 2.45) is 0 Å². The van der Waals surface area contributed by atoms with Crippen LogP contribution in [0.2, 0.25) is 0 Å².